The fraction of sp³-hybridized carbons (Fsp3) is 0.211. The van der Waals surface area contributed by atoms with E-state index in [1.165, 1.54) is 11.8 Å². The van der Waals surface area contributed by atoms with Gasteiger partial charge in [0.1, 0.15) is 0 Å². The molecule has 1 atom stereocenters. The fourth-order valence-corrected chi connectivity index (χ4v) is 3.83. The predicted molar refractivity (Wildman–Crippen MR) is 115 cm³/mol. The van der Waals surface area contributed by atoms with Crippen LogP contribution in [-0.2, 0) is 11.2 Å². The molecule has 27 heavy (non-hydrogen) atoms. The molecule has 8 heteroatoms. The topological polar surface area (TPSA) is 57.1 Å². The molecule has 0 unspecified atom stereocenters. The van der Waals surface area contributed by atoms with Crippen LogP contribution in [0.1, 0.15) is 11.1 Å². The Hall–Kier alpha value is -2.02. The lowest BCUT2D eigenvalue weighted by atomic mass is 10.1. The SMILES string of the molecule is CN(C)c1ccc(/C=N/N=C2\NC(=O)[C@@H](Cc3cc(Cl)ccc3Cl)S2)cc1. The Balaban J connectivity index is 1.63. The van der Waals surface area contributed by atoms with Gasteiger partial charge in [-0.15, -0.1) is 5.10 Å². The Bertz CT molecular complexity index is 897. The highest BCUT2D eigenvalue weighted by Gasteiger charge is 2.31. The van der Waals surface area contributed by atoms with E-state index in [0.717, 1.165) is 16.8 Å². The molecule has 1 N–H and O–H groups in total. The van der Waals surface area contributed by atoms with Gasteiger partial charge in [-0.05, 0) is 47.9 Å². The molecule has 5 nitrogen and oxygen atoms in total. The van der Waals surface area contributed by atoms with E-state index in [9.17, 15) is 4.79 Å². The van der Waals surface area contributed by atoms with Crippen molar-refractivity contribution in [3.8, 4) is 0 Å². The Morgan fingerprint density at radius 2 is 1.93 bits per heavy atom. The summed E-state index contributed by atoms with van der Waals surface area (Å²) in [4.78, 5) is 14.2. The lowest BCUT2D eigenvalue weighted by molar-refractivity contribution is -0.118. The number of nitrogens with one attached hydrogen (secondary N) is 1. The molecule has 1 fully saturated rings. The van der Waals surface area contributed by atoms with E-state index in [0.29, 0.717) is 21.6 Å². The third-order valence-electron chi connectivity index (χ3n) is 3.95. The molecule has 0 saturated carbocycles. The van der Waals surface area contributed by atoms with Gasteiger partial charge in [-0.3, -0.25) is 4.79 Å². The maximum atomic E-state index is 12.2. The second kappa shape index (κ2) is 8.78. The highest BCUT2D eigenvalue weighted by molar-refractivity contribution is 8.15. The van der Waals surface area contributed by atoms with Gasteiger partial charge in [-0.1, -0.05) is 47.1 Å². The molecule has 0 aromatic heterocycles. The Morgan fingerprint density at radius 1 is 1.19 bits per heavy atom. The maximum Gasteiger partial charge on any atom is 0.239 e. The summed E-state index contributed by atoms with van der Waals surface area (Å²) in [7, 11) is 3.98. The summed E-state index contributed by atoms with van der Waals surface area (Å²) in [5.74, 6) is -0.111. The minimum atomic E-state index is -0.311. The number of carbonyl (C=O) groups is 1. The van der Waals surface area contributed by atoms with E-state index in [4.69, 9.17) is 23.2 Å². The summed E-state index contributed by atoms with van der Waals surface area (Å²) in [6.07, 6.45) is 2.13. The Kier molecular flexibility index (Phi) is 6.42. The van der Waals surface area contributed by atoms with E-state index < -0.39 is 0 Å². The smallest absolute Gasteiger partial charge is 0.239 e. The lowest BCUT2D eigenvalue weighted by Gasteiger charge is -2.11. The molecule has 2 aromatic rings. The van der Waals surface area contributed by atoms with Crippen molar-refractivity contribution in [2.75, 3.05) is 19.0 Å². The number of thioether (sulfide) groups is 1. The van der Waals surface area contributed by atoms with Gasteiger partial charge in [0.2, 0.25) is 5.91 Å². The predicted octanol–water partition coefficient (Wildman–Crippen LogP) is 4.22. The maximum absolute atomic E-state index is 12.2. The zero-order valence-electron chi connectivity index (χ0n) is 14.8. The first-order valence-electron chi connectivity index (χ1n) is 8.22. The van der Waals surface area contributed by atoms with Gasteiger partial charge < -0.3 is 10.2 Å². The van der Waals surface area contributed by atoms with Crippen molar-refractivity contribution >= 4 is 57.9 Å². The second-order valence-corrected chi connectivity index (χ2v) is 8.21. The molecule has 1 amide bonds. The number of benzene rings is 2. The van der Waals surface area contributed by atoms with Crippen molar-refractivity contribution in [1.82, 2.24) is 5.32 Å². The van der Waals surface area contributed by atoms with Gasteiger partial charge in [0.15, 0.2) is 5.17 Å². The lowest BCUT2D eigenvalue weighted by Crippen LogP contribution is -2.26. The molecule has 1 saturated heterocycles. The zero-order valence-corrected chi connectivity index (χ0v) is 17.1. The van der Waals surface area contributed by atoms with E-state index >= 15 is 0 Å². The first-order chi connectivity index (χ1) is 12.9. The molecule has 1 aliphatic rings. The van der Waals surface area contributed by atoms with Crippen molar-refractivity contribution in [2.24, 2.45) is 10.2 Å². The van der Waals surface area contributed by atoms with Gasteiger partial charge in [0, 0.05) is 29.8 Å². The van der Waals surface area contributed by atoms with Crippen molar-refractivity contribution < 1.29 is 4.79 Å². The van der Waals surface area contributed by atoms with Crippen molar-refractivity contribution in [2.45, 2.75) is 11.7 Å². The first kappa shape index (κ1) is 19.7. The molecule has 1 aliphatic heterocycles. The van der Waals surface area contributed by atoms with E-state index in [-0.39, 0.29) is 11.2 Å². The van der Waals surface area contributed by atoms with E-state index in [1.54, 1.807) is 24.4 Å². The van der Waals surface area contributed by atoms with Gasteiger partial charge in [-0.2, -0.15) is 5.10 Å². The molecular formula is C19H18Cl2N4OS. The largest absolute Gasteiger partial charge is 0.378 e. The quantitative estimate of drug-likeness (QED) is 0.581. The number of carbonyl (C=O) groups excluding carboxylic acids is 1. The number of rotatable bonds is 5. The molecule has 0 spiro atoms. The van der Waals surface area contributed by atoms with Crippen molar-refractivity contribution in [1.29, 1.82) is 0 Å². The van der Waals surface area contributed by atoms with Crippen LogP contribution < -0.4 is 10.2 Å². The number of hydrogen-bond donors (Lipinski definition) is 1. The summed E-state index contributed by atoms with van der Waals surface area (Å²) < 4.78 is 0. The van der Waals surface area contributed by atoms with Gasteiger partial charge in [0.25, 0.3) is 0 Å². The van der Waals surface area contributed by atoms with Gasteiger partial charge in [0.05, 0.1) is 11.5 Å². The monoisotopic (exact) mass is 420 g/mol. The molecule has 3 rings (SSSR count). The Labute approximate surface area is 172 Å². The summed E-state index contributed by atoms with van der Waals surface area (Å²) in [6, 6.07) is 13.2. The summed E-state index contributed by atoms with van der Waals surface area (Å²) in [6.45, 7) is 0. The van der Waals surface area contributed by atoms with Crippen LogP contribution in [0.15, 0.2) is 52.7 Å². The third kappa shape index (κ3) is 5.25. The van der Waals surface area contributed by atoms with Crippen LogP contribution >= 0.6 is 35.0 Å². The normalized spacial score (nSPS) is 18.3. The molecule has 140 valence electrons. The summed E-state index contributed by atoms with van der Waals surface area (Å²) in [5, 5.41) is 12.3. The summed E-state index contributed by atoms with van der Waals surface area (Å²) in [5.41, 5.74) is 2.88. The molecule has 2 aromatic carbocycles. The standard InChI is InChI=1S/C19H18Cl2N4OS/c1-25(2)15-6-3-12(4-7-15)11-22-24-19-23-18(26)17(27-19)10-13-9-14(20)5-8-16(13)21/h3-9,11,17H,10H2,1-2H3,(H,23,24,26)/b22-11+/t17-/m1/s1. The fourth-order valence-electron chi connectivity index (χ4n) is 2.49. The van der Waals surface area contributed by atoms with Crippen LogP contribution in [0.25, 0.3) is 0 Å². The van der Waals surface area contributed by atoms with Crippen molar-refractivity contribution in [3.63, 3.8) is 0 Å². The van der Waals surface area contributed by atoms with Gasteiger partial charge >= 0.3 is 0 Å². The number of hydrogen-bond acceptors (Lipinski definition) is 5. The first-order valence-corrected chi connectivity index (χ1v) is 9.86. The van der Waals surface area contributed by atoms with Crippen LogP contribution in [0.3, 0.4) is 0 Å². The number of nitrogens with zero attached hydrogens (tertiary/aromatic N) is 3. The van der Waals surface area contributed by atoms with Crippen LogP contribution in [0, 0.1) is 0 Å². The minimum Gasteiger partial charge on any atom is -0.378 e. The molecular weight excluding hydrogens is 403 g/mol. The van der Waals surface area contributed by atoms with Crippen LogP contribution in [0.2, 0.25) is 10.0 Å². The minimum absolute atomic E-state index is 0.111. The van der Waals surface area contributed by atoms with Crippen LogP contribution in [0.4, 0.5) is 5.69 Å². The van der Waals surface area contributed by atoms with Crippen LogP contribution in [0.5, 0.6) is 0 Å². The molecule has 0 radical (unpaired) electrons. The molecule has 1 heterocycles. The van der Waals surface area contributed by atoms with E-state index in [2.05, 4.69) is 15.5 Å². The second-order valence-electron chi connectivity index (χ2n) is 6.17. The third-order valence-corrected chi connectivity index (χ3v) is 5.63. The zero-order chi connectivity index (χ0) is 19.4. The number of amides is 1. The van der Waals surface area contributed by atoms with Crippen LogP contribution in [-0.4, -0.2) is 36.6 Å². The highest BCUT2D eigenvalue weighted by atomic mass is 35.5. The number of halogens is 2. The number of amidine groups is 1. The Morgan fingerprint density at radius 3 is 2.63 bits per heavy atom. The molecule has 0 aliphatic carbocycles. The summed E-state index contributed by atoms with van der Waals surface area (Å²) >= 11 is 13.5. The number of anilines is 1. The van der Waals surface area contributed by atoms with Crippen molar-refractivity contribution in [3.05, 3.63) is 63.6 Å². The highest BCUT2D eigenvalue weighted by Crippen LogP contribution is 2.28. The average Bonchev–Trinajstić information content (AvgIpc) is 2.98. The van der Waals surface area contributed by atoms with Gasteiger partial charge in [-0.25, -0.2) is 0 Å². The van der Waals surface area contributed by atoms with E-state index in [1.807, 2.05) is 43.3 Å². The average molecular weight is 421 g/mol. The molecule has 0 bridgehead atoms.